The van der Waals surface area contributed by atoms with Gasteiger partial charge in [-0.3, -0.25) is 0 Å². The Kier molecular flexibility index (Phi) is 5.08. The van der Waals surface area contributed by atoms with E-state index in [1.165, 1.54) is 82.4 Å². The maximum absolute atomic E-state index is 10.6. The van der Waals surface area contributed by atoms with Crippen molar-refractivity contribution in [2.45, 2.75) is 64.7 Å². The van der Waals surface area contributed by atoms with E-state index in [4.69, 9.17) is 0 Å². The number of aromatic nitrogens is 1. The largest absolute Gasteiger partial charge is 0.308 e. The number of hydrogen-bond acceptors (Lipinski definition) is 2. The molecule has 2 heterocycles. The van der Waals surface area contributed by atoms with Crippen LogP contribution in [0.15, 0.2) is 66.2 Å². The second kappa shape index (κ2) is 8.90. The van der Waals surface area contributed by atoms with Gasteiger partial charge < -0.3 is 4.40 Å². The molecule has 0 saturated carbocycles. The van der Waals surface area contributed by atoms with Crippen molar-refractivity contribution in [1.82, 2.24) is 4.40 Å². The Hall–Kier alpha value is -5.38. The number of fused-ring (bicyclic) bond motifs is 13. The zero-order chi connectivity index (χ0) is 31.9. The Morgan fingerprint density at radius 1 is 0.851 bits per heavy atom. The van der Waals surface area contributed by atoms with Crippen molar-refractivity contribution in [3.8, 4) is 23.3 Å². The topological polar surface area (TPSA) is 52.0 Å². The highest BCUT2D eigenvalue weighted by molar-refractivity contribution is 6.29. The molecular weight excluding hydrogens is 571 g/mol. The predicted octanol–water partition coefficient (Wildman–Crippen LogP) is 11.3. The molecule has 0 fully saturated rings. The molecule has 3 aliphatic rings. The van der Waals surface area contributed by atoms with Crippen LogP contribution in [0.2, 0.25) is 0 Å². The molecular formula is C44H33N3. The lowest BCUT2D eigenvalue weighted by Gasteiger charge is -2.36. The number of nitriles is 2. The van der Waals surface area contributed by atoms with Gasteiger partial charge in [-0.15, -0.1) is 0 Å². The van der Waals surface area contributed by atoms with Crippen molar-refractivity contribution in [3.05, 3.63) is 111 Å². The van der Waals surface area contributed by atoms with Gasteiger partial charge in [-0.25, -0.2) is 0 Å². The zero-order valence-corrected chi connectivity index (χ0v) is 27.2. The molecule has 0 amide bonds. The van der Waals surface area contributed by atoms with Gasteiger partial charge in [0, 0.05) is 32.9 Å². The molecule has 0 N–H and O–H groups in total. The van der Waals surface area contributed by atoms with Crippen molar-refractivity contribution in [3.63, 3.8) is 0 Å². The highest BCUT2D eigenvalue weighted by Gasteiger charge is 2.39. The number of hydrogen-bond donors (Lipinski definition) is 0. The van der Waals surface area contributed by atoms with Gasteiger partial charge in [0.05, 0.1) is 39.8 Å². The van der Waals surface area contributed by atoms with Crippen LogP contribution < -0.4 is 0 Å². The van der Waals surface area contributed by atoms with Crippen LogP contribution in [0.25, 0.3) is 72.1 Å². The Morgan fingerprint density at radius 3 is 2.40 bits per heavy atom. The molecule has 47 heavy (non-hydrogen) atoms. The van der Waals surface area contributed by atoms with Gasteiger partial charge in [0.15, 0.2) is 0 Å². The molecule has 0 spiro atoms. The summed E-state index contributed by atoms with van der Waals surface area (Å²) in [5.41, 5.74) is 16.0. The first-order valence-corrected chi connectivity index (χ1v) is 17.0. The maximum Gasteiger partial charge on any atom is 0.0998 e. The second-order valence-electron chi connectivity index (χ2n) is 14.5. The molecule has 3 nitrogen and oxygen atoms in total. The molecule has 7 aromatic rings. The minimum atomic E-state index is -0.271. The smallest absolute Gasteiger partial charge is 0.0998 e. The predicted molar refractivity (Wildman–Crippen MR) is 194 cm³/mol. The van der Waals surface area contributed by atoms with Crippen LogP contribution in [0.4, 0.5) is 0 Å². The summed E-state index contributed by atoms with van der Waals surface area (Å²) in [5, 5.41) is 28.7. The molecule has 0 bridgehead atoms. The fourth-order valence-corrected chi connectivity index (χ4v) is 9.82. The molecule has 10 rings (SSSR count). The highest BCUT2D eigenvalue weighted by Crippen LogP contribution is 2.57. The van der Waals surface area contributed by atoms with Crippen LogP contribution in [-0.4, -0.2) is 4.40 Å². The fraction of sp³-hybridized carbons (Fsp3) is 0.227. The van der Waals surface area contributed by atoms with Crippen molar-refractivity contribution in [2.75, 3.05) is 0 Å². The third-order valence-electron chi connectivity index (χ3n) is 11.8. The minimum absolute atomic E-state index is 0.256. The van der Waals surface area contributed by atoms with E-state index < -0.39 is 0 Å². The van der Waals surface area contributed by atoms with Gasteiger partial charge >= 0.3 is 0 Å². The summed E-state index contributed by atoms with van der Waals surface area (Å²) in [6.45, 7) is 9.28. The average Bonchev–Trinajstić information content (AvgIpc) is 3.70. The number of benzene rings is 5. The lowest BCUT2D eigenvalue weighted by molar-refractivity contribution is 0.652. The van der Waals surface area contributed by atoms with Gasteiger partial charge in [-0.2, -0.15) is 10.5 Å². The Morgan fingerprint density at radius 2 is 1.62 bits per heavy atom. The summed E-state index contributed by atoms with van der Waals surface area (Å²) in [6.07, 6.45) is 10.8. The van der Waals surface area contributed by atoms with Crippen LogP contribution >= 0.6 is 0 Å². The van der Waals surface area contributed by atoms with Crippen molar-refractivity contribution < 1.29 is 0 Å². The Labute approximate surface area is 274 Å². The number of allylic oxidation sites excluding steroid dienone is 2. The summed E-state index contributed by atoms with van der Waals surface area (Å²) >= 11 is 0. The summed E-state index contributed by atoms with van der Waals surface area (Å²) < 4.78 is 2.42. The monoisotopic (exact) mass is 603 g/mol. The standard InChI is InChI=1S/C44H33N3/c1-5-24-15-16-29-27(22-46)19-36-40(38(24)29)33-20-32-30-13-7-10-25-11-8-14-34(37(25)30)44(3,4)42(32)41-39-31-17-23(2)9-6-12-28(31)26(21-45)18-35(39)47(36)43(33)41/h7-8,10-11,13-20,24H,5-6,9,12H2,1-4H3. The molecule has 5 aromatic carbocycles. The molecule has 224 valence electrons. The lowest BCUT2D eigenvalue weighted by Crippen LogP contribution is -2.24. The van der Waals surface area contributed by atoms with E-state index >= 15 is 0 Å². The number of rotatable bonds is 1. The summed E-state index contributed by atoms with van der Waals surface area (Å²) in [4.78, 5) is 0. The zero-order valence-electron chi connectivity index (χ0n) is 27.2. The van der Waals surface area contributed by atoms with Gasteiger partial charge in [0.1, 0.15) is 0 Å². The highest BCUT2D eigenvalue weighted by atomic mass is 14.9. The van der Waals surface area contributed by atoms with Crippen LogP contribution in [0.3, 0.4) is 0 Å². The summed E-state index contributed by atoms with van der Waals surface area (Å²) in [5.74, 6) is 0.256. The van der Waals surface area contributed by atoms with Crippen molar-refractivity contribution >= 4 is 61.0 Å². The van der Waals surface area contributed by atoms with E-state index in [9.17, 15) is 10.5 Å². The Bertz CT molecular complexity index is 2740. The number of nitrogens with zero attached hydrogens (tertiary/aromatic N) is 3. The Balaban J connectivity index is 1.55. The first-order chi connectivity index (χ1) is 22.9. The van der Waals surface area contributed by atoms with Gasteiger partial charge in [-0.1, -0.05) is 81.0 Å². The lowest BCUT2D eigenvalue weighted by atomic mass is 9.67. The third-order valence-corrected chi connectivity index (χ3v) is 11.8. The fourth-order valence-electron chi connectivity index (χ4n) is 9.82. The normalized spacial score (nSPS) is 17.6. The quantitative estimate of drug-likeness (QED) is 0.187. The third kappa shape index (κ3) is 3.11. The molecule has 0 radical (unpaired) electrons. The van der Waals surface area contributed by atoms with Crippen LogP contribution in [0.1, 0.15) is 97.4 Å². The maximum atomic E-state index is 10.6. The van der Waals surface area contributed by atoms with Crippen molar-refractivity contribution in [1.29, 1.82) is 10.5 Å². The summed E-state index contributed by atoms with van der Waals surface area (Å²) in [6, 6.07) is 25.5. The summed E-state index contributed by atoms with van der Waals surface area (Å²) in [7, 11) is 0. The van der Waals surface area contributed by atoms with Gasteiger partial charge in [0.25, 0.3) is 0 Å². The van der Waals surface area contributed by atoms with E-state index in [0.29, 0.717) is 0 Å². The molecule has 1 atom stereocenters. The van der Waals surface area contributed by atoms with E-state index in [1.54, 1.807) is 0 Å². The minimum Gasteiger partial charge on any atom is -0.308 e. The molecule has 0 aliphatic heterocycles. The van der Waals surface area contributed by atoms with Gasteiger partial charge in [-0.05, 0) is 106 Å². The second-order valence-corrected chi connectivity index (χ2v) is 14.5. The van der Waals surface area contributed by atoms with Crippen molar-refractivity contribution in [2.24, 2.45) is 0 Å². The molecule has 0 saturated heterocycles. The molecule has 2 aromatic heterocycles. The van der Waals surface area contributed by atoms with Gasteiger partial charge in [0.2, 0.25) is 0 Å². The van der Waals surface area contributed by atoms with Crippen LogP contribution in [0, 0.1) is 22.7 Å². The van der Waals surface area contributed by atoms with E-state index in [2.05, 4.69) is 117 Å². The van der Waals surface area contributed by atoms with E-state index in [0.717, 1.165) is 53.4 Å². The SMILES string of the molecule is CCC1C=Cc2c(C#N)cc3c(c21)c1cc2c(c4c5c6c(c(C#N)cc5n3c14)CCCC(C)=C6)C(C)(C)c1cccc3cccc-2c13. The molecule has 1 unspecified atom stereocenters. The van der Waals surface area contributed by atoms with E-state index in [-0.39, 0.29) is 11.3 Å². The van der Waals surface area contributed by atoms with Crippen LogP contribution in [0.5, 0.6) is 0 Å². The first-order valence-electron chi connectivity index (χ1n) is 17.0. The van der Waals surface area contributed by atoms with E-state index in [1.807, 2.05) is 0 Å². The average molecular weight is 604 g/mol. The molecule has 3 heteroatoms. The first kappa shape index (κ1) is 26.8. The van der Waals surface area contributed by atoms with Crippen LogP contribution in [-0.2, 0) is 11.8 Å². The molecule has 3 aliphatic carbocycles.